The van der Waals surface area contributed by atoms with Crippen LogP contribution in [0.15, 0.2) is 53.4 Å². The summed E-state index contributed by atoms with van der Waals surface area (Å²) in [4.78, 5) is 27.6. The Hall–Kier alpha value is -2.98. The average Bonchev–Trinajstić information content (AvgIpc) is 2.67. The van der Waals surface area contributed by atoms with Crippen molar-refractivity contribution < 1.29 is 22.4 Å². The van der Waals surface area contributed by atoms with Crippen LogP contribution in [0.3, 0.4) is 0 Å². The summed E-state index contributed by atoms with van der Waals surface area (Å²) in [6, 6.07) is 11.6. The highest BCUT2D eigenvalue weighted by atomic mass is 32.2. The number of sulfonamides is 1. The zero-order valence-corrected chi connectivity index (χ0v) is 15.7. The number of benzene rings is 2. The Morgan fingerprint density at radius 3 is 2.14 bits per heavy atom. The molecule has 1 heterocycles. The van der Waals surface area contributed by atoms with Gasteiger partial charge in [-0.3, -0.25) is 9.59 Å². The van der Waals surface area contributed by atoms with Gasteiger partial charge in [-0.1, -0.05) is 12.1 Å². The SMILES string of the molecule is NS(=O)(=O)c1ccc(NC(=O)C(=O)N2CCN(c3ccccc3F)CC2)cc1. The zero-order valence-electron chi connectivity index (χ0n) is 14.8. The van der Waals surface area contributed by atoms with Crippen LogP contribution in [0.5, 0.6) is 0 Å². The number of para-hydroxylation sites is 1. The molecular weight excluding hydrogens is 387 g/mol. The molecular formula is C18H19FN4O4S. The number of amides is 2. The maximum atomic E-state index is 13.9. The fourth-order valence-corrected chi connectivity index (χ4v) is 3.43. The van der Waals surface area contributed by atoms with E-state index in [-0.39, 0.29) is 29.5 Å². The van der Waals surface area contributed by atoms with Crippen LogP contribution in [-0.2, 0) is 19.6 Å². The van der Waals surface area contributed by atoms with Crippen molar-refractivity contribution >= 4 is 33.2 Å². The van der Waals surface area contributed by atoms with Crippen molar-refractivity contribution in [2.75, 3.05) is 36.4 Å². The third-order valence-electron chi connectivity index (χ3n) is 4.39. The summed E-state index contributed by atoms with van der Waals surface area (Å²) in [5.41, 5.74) is 0.740. The van der Waals surface area contributed by atoms with Gasteiger partial charge in [0.25, 0.3) is 0 Å². The molecule has 1 aliphatic rings. The topological polar surface area (TPSA) is 113 Å². The van der Waals surface area contributed by atoms with E-state index >= 15 is 0 Å². The van der Waals surface area contributed by atoms with E-state index in [1.807, 2.05) is 4.90 Å². The van der Waals surface area contributed by atoms with Gasteiger partial charge in [-0.05, 0) is 36.4 Å². The van der Waals surface area contributed by atoms with E-state index in [1.54, 1.807) is 18.2 Å². The summed E-state index contributed by atoms with van der Waals surface area (Å²) >= 11 is 0. The van der Waals surface area contributed by atoms with E-state index in [0.717, 1.165) is 0 Å². The molecule has 1 aliphatic heterocycles. The number of hydrogen-bond donors (Lipinski definition) is 2. The highest BCUT2D eigenvalue weighted by Gasteiger charge is 2.27. The second-order valence-corrected chi connectivity index (χ2v) is 7.82. The molecule has 0 bridgehead atoms. The van der Waals surface area contributed by atoms with Crippen molar-refractivity contribution in [2.24, 2.45) is 5.14 Å². The van der Waals surface area contributed by atoms with Crippen molar-refractivity contribution in [1.82, 2.24) is 4.90 Å². The summed E-state index contributed by atoms with van der Waals surface area (Å²) < 4.78 is 36.3. The van der Waals surface area contributed by atoms with Gasteiger partial charge in [-0.15, -0.1) is 0 Å². The Balaban J connectivity index is 1.57. The van der Waals surface area contributed by atoms with Crippen LogP contribution in [-0.4, -0.2) is 51.3 Å². The molecule has 2 amide bonds. The van der Waals surface area contributed by atoms with Crippen molar-refractivity contribution in [3.8, 4) is 0 Å². The highest BCUT2D eigenvalue weighted by Crippen LogP contribution is 2.20. The number of carbonyl (C=O) groups excluding carboxylic acids is 2. The van der Waals surface area contributed by atoms with Crippen LogP contribution in [0.25, 0.3) is 0 Å². The first kappa shape index (κ1) is 19.8. The van der Waals surface area contributed by atoms with E-state index in [1.165, 1.54) is 35.2 Å². The van der Waals surface area contributed by atoms with Gasteiger partial charge in [0.15, 0.2) is 0 Å². The predicted octanol–water partition coefficient (Wildman–Crippen LogP) is 0.760. The smallest absolute Gasteiger partial charge is 0.313 e. The summed E-state index contributed by atoms with van der Waals surface area (Å²) in [6.45, 7) is 1.38. The standard InChI is InChI=1S/C18H19FN4O4S/c19-15-3-1-2-4-16(15)22-9-11-23(12-10-22)18(25)17(24)21-13-5-7-14(8-6-13)28(20,26)27/h1-8H,9-12H2,(H,21,24)(H2,20,26,27). The van der Waals surface area contributed by atoms with Gasteiger partial charge in [0.1, 0.15) is 5.82 Å². The number of hydrogen-bond acceptors (Lipinski definition) is 5. The van der Waals surface area contributed by atoms with Gasteiger partial charge in [0.05, 0.1) is 10.6 Å². The lowest BCUT2D eigenvalue weighted by Crippen LogP contribution is -2.51. The minimum Gasteiger partial charge on any atom is -0.366 e. The second kappa shape index (κ2) is 7.95. The Morgan fingerprint density at radius 2 is 1.57 bits per heavy atom. The lowest BCUT2D eigenvalue weighted by atomic mass is 10.2. The lowest BCUT2D eigenvalue weighted by molar-refractivity contribution is -0.143. The molecule has 0 aliphatic carbocycles. The Morgan fingerprint density at radius 1 is 0.964 bits per heavy atom. The summed E-state index contributed by atoms with van der Waals surface area (Å²) in [6.07, 6.45) is 0. The van der Waals surface area contributed by atoms with Crippen LogP contribution in [0.1, 0.15) is 0 Å². The van der Waals surface area contributed by atoms with E-state index in [0.29, 0.717) is 18.8 Å². The number of anilines is 2. The van der Waals surface area contributed by atoms with Gasteiger partial charge in [-0.2, -0.15) is 0 Å². The molecule has 8 nitrogen and oxygen atoms in total. The van der Waals surface area contributed by atoms with Crippen LogP contribution in [0.2, 0.25) is 0 Å². The number of rotatable bonds is 3. The Labute approximate surface area is 161 Å². The number of nitrogens with two attached hydrogens (primary N) is 1. The van der Waals surface area contributed by atoms with Crippen molar-refractivity contribution in [2.45, 2.75) is 4.90 Å². The van der Waals surface area contributed by atoms with Gasteiger partial charge < -0.3 is 15.1 Å². The molecule has 0 aromatic heterocycles. The van der Waals surface area contributed by atoms with Crippen molar-refractivity contribution in [1.29, 1.82) is 0 Å². The molecule has 0 unspecified atom stereocenters. The van der Waals surface area contributed by atoms with Gasteiger partial charge >= 0.3 is 11.8 Å². The molecule has 0 saturated carbocycles. The summed E-state index contributed by atoms with van der Waals surface area (Å²) in [5.74, 6) is -1.87. The highest BCUT2D eigenvalue weighted by molar-refractivity contribution is 7.89. The largest absolute Gasteiger partial charge is 0.366 e. The molecule has 0 atom stereocenters. The van der Waals surface area contributed by atoms with Crippen LogP contribution >= 0.6 is 0 Å². The average molecular weight is 406 g/mol. The molecule has 1 fully saturated rings. The van der Waals surface area contributed by atoms with Crippen molar-refractivity contribution in [3.63, 3.8) is 0 Å². The molecule has 3 rings (SSSR count). The van der Waals surface area contributed by atoms with Gasteiger partial charge in [0.2, 0.25) is 10.0 Å². The van der Waals surface area contributed by atoms with Gasteiger partial charge in [-0.25, -0.2) is 17.9 Å². The number of nitrogens with one attached hydrogen (secondary N) is 1. The van der Waals surface area contributed by atoms with Crippen LogP contribution in [0, 0.1) is 5.82 Å². The second-order valence-electron chi connectivity index (χ2n) is 6.25. The number of nitrogens with zero attached hydrogens (tertiary/aromatic N) is 2. The fraction of sp³-hybridized carbons (Fsp3) is 0.222. The first-order valence-electron chi connectivity index (χ1n) is 8.48. The van der Waals surface area contributed by atoms with Gasteiger partial charge in [0, 0.05) is 31.9 Å². The van der Waals surface area contributed by atoms with Crippen LogP contribution in [0.4, 0.5) is 15.8 Å². The molecule has 0 spiro atoms. The summed E-state index contributed by atoms with van der Waals surface area (Å²) in [7, 11) is -3.83. The number of piperazine rings is 1. The molecule has 0 radical (unpaired) electrons. The normalized spacial score (nSPS) is 14.6. The number of halogens is 1. The molecule has 1 saturated heterocycles. The van der Waals surface area contributed by atoms with Crippen LogP contribution < -0.4 is 15.4 Å². The van der Waals surface area contributed by atoms with Crippen molar-refractivity contribution in [3.05, 3.63) is 54.3 Å². The molecule has 10 heteroatoms. The molecule has 3 N–H and O–H groups in total. The number of carbonyl (C=O) groups is 2. The van der Waals surface area contributed by atoms with E-state index in [4.69, 9.17) is 5.14 Å². The Bertz CT molecular complexity index is 987. The zero-order chi connectivity index (χ0) is 20.3. The third-order valence-corrected chi connectivity index (χ3v) is 5.32. The first-order chi connectivity index (χ1) is 13.3. The third kappa shape index (κ3) is 4.46. The van der Waals surface area contributed by atoms with E-state index in [2.05, 4.69) is 5.32 Å². The van der Waals surface area contributed by atoms with E-state index < -0.39 is 21.8 Å². The minimum atomic E-state index is -3.83. The first-order valence-corrected chi connectivity index (χ1v) is 10.0. The van der Waals surface area contributed by atoms with E-state index in [9.17, 15) is 22.4 Å². The molecule has 2 aromatic rings. The maximum Gasteiger partial charge on any atom is 0.313 e. The quantitative estimate of drug-likeness (QED) is 0.731. The molecule has 28 heavy (non-hydrogen) atoms. The Kier molecular flexibility index (Phi) is 5.61. The number of primary sulfonamides is 1. The summed E-state index contributed by atoms with van der Waals surface area (Å²) in [5, 5.41) is 7.44. The minimum absolute atomic E-state index is 0.0962. The fourth-order valence-electron chi connectivity index (χ4n) is 2.91. The predicted molar refractivity (Wildman–Crippen MR) is 102 cm³/mol. The molecule has 2 aromatic carbocycles. The molecule has 148 valence electrons. The maximum absolute atomic E-state index is 13.9. The lowest BCUT2D eigenvalue weighted by Gasteiger charge is -2.35. The monoisotopic (exact) mass is 406 g/mol.